The smallest absolute Gasteiger partial charge is 0.254 e. The number of hydrogen-bond acceptors (Lipinski definition) is 5. The highest BCUT2D eigenvalue weighted by atomic mass is 16.4. The third-order valence-corrected chi connectivity index (χ3v) is 4.73. The molecule has 2 aliphatic carbocycles. The fourth-order valence-corrected chi connectivity index (χ4v) is 3.80. The van der Waals surface area contributed by atoms with Gasteiger partial charge in [0.25, 0.3) is 5.91 Å². The molecule has 0 aliphatic heterocycles. The molecular weight excluding hydrogens is 258 g/mol. The van der Waals surface area contributed by atoms with Crippen LogP contribution < -0.4 is 11.5 Å². The monoisotopic (exact) mass is 277 g/mol. The average Bonchev–Trinajstić information content (AvgIpc) is 3.01. The number of hydrogen-bond donors (Lipinski definition) is 3. The minimum absolute atomic E-state index is 0.219. The summed E-state index contributed by atoms with van der Waals surface area (Å²) in [4.78, 5) is 11.6. The van der Waals surface area contributed by atoms with Crippen LogP contribution in [0.25, 0.3) is 0 Å². The lowest BCUT2D eigenvalue weighted by Gasteiger charge is -2.09. The highest BCUT2D eigenvalue weighted by Gasteiger charge is 2.43. The fraction of sp³-hybridized carbons (Fsp3) is 0.615. The summed E-state index contributed by atoms with van der Waals surface area (Å²) in [6.07, 6.45) is 3.57. The summed E-state index contributed by atoms with van der Waals surface area (Å²) in [7, 11) is 1.72. The minimum atomic E-state index is -0.514. The molecule has 20 heavy (non-hydrogen) atoms. The van der Waals surface area contributed by atoms with Crippen LogP contribution in [-0.4, -0.2) is 26.6 Å². The number of primary amides is 1. The Kier molecular flexibility index (Phi) is 2.92. The molecular formula is C13H19N5O2. The molecule has 108 valence electrons. The lowest BCUT2D eigenvalue weighted by molar-refractivity contribution is 0.0999. The molecule has 2 fully saturated rings. The predicted molar refractivity (Wildman–Crippen MR) is 73.5 cm³/mol. The van der Waals surface area contributed by atoms with Crippen LogP contribution >= 0.6 is 0 Å². The van der Waals surface area contributed by atoms with Gasteiger partial charge < -0.3 is 16.7 Å². The molecule has 1 amide bonds. The van der Waals surface area contributed by atoms with Crippen molar-refractivity contribution in [2.45, 2.75) is 31.6 Å². The van der Waals surface area contributed by atoms with Gasteiger partial charge in [0.15, 0.2) is 0 Å². The van der Waals surface area contributed by atoms with E-state index in [2.05, 4.69) is 10.3 Å². The van der Waals surface area contributed by atoms with Crippen LogP contribution in [0, 0.1) is 11.8 Å². The molecule has 1 aromatic rings. The van der Waals surface area contributed by atoms with E-state index < -0.39 is 5.91 Å². The first kappa shape index (κ1) is 13.0. The molecule has 2 aliphatic rings. The number of nitrogens with zero attached hydrogens (tertiary/aromatic N) is 3. The maximum Gasteiger partial charge on any atom is 0.254 e. The SMILES string of the molecule is Cn1nc(C2CC3CC(=NO)CC3C2)c(C(N)=O)c1N. The summed E-state index contributed by atoms with van der Waals surface area (Å²) < 4.78 is 1.52. The second-order valence-corrected chi connectivity index (χ2v) is 5.90. The fourth-order valence-electron chi connectivity index (χ4n) is 3.80. The molecule has 2 unspecified atom stereocenters. The molecule has 0 radical (unpaired) electrons. The third-order valence-electron chi connectivity index (χ3n) is 4.73. The number of aryl methyl sites for hydroxylation is 1. The van der Waals surface area contributed by atoms with Crippen molar-refractivity contribution in [3.8, 4) is 0 Å². The molecule has 0 spiro atoms. The number of nitrogens with two attached hydrogens (primary N) is 2. The van der Waals surface area contributed by atoms with E-state index in [1.54, 1.807) is 7.05 Å². The van der Waals surface area contributed by atoms with Gasteiger partial charge in [0.2, 0.25) is 0 Å². The number of rotatable bonds is 2. The van der Waals surface area contributed by atoms with Gasteiger partial charge in [-0.05, 0) is 37.5 Å². The number of amides is 1. The van der Waals surface area contributed by atoms with Crippen molar-refractivity contribution in [1.82, 2.24) is 9.78 Å². The number of aromatic nitrogens is 2. The van der Waals surface area contributed by atoms with Gasteiger partial charge in [0.1, 0.15) is 11.4 Å². The molecule has 0 bridgehead atoms. The Balaban J connectivity index is 1.87. The number of anilines is 1. The molecule has 2 saturated carbocycles. The van der Waals surface area contributed by atoms with Crippen LogP contribution in [0.4, 0.5) is 5.82 Å². The molecule has 7 nitrogen and oxygen atoms in total. The van der Waals surface area contributed by atoms with Crippen LogP contribution in [-0.2, 0) is 7.05 Å². The van der Waals surface area contributed by atoms with Crippen LogP contribution in [0.3, 0.4) is 0 Å². The average molecular weight is 277 g/mol. The molecule has 7 heteroatoms. The van der Waals surface area contributed by atoms with Gasteiger partial charge in [-0.25, -0.2) is 0 Å². The normalized spacial score (nSPS) is 28.6. The van der Waals surface area contributed by atoms with Gasteiger partial charge in [-0.1, -0.05) is 5.16 Å². The largest absolute Gasteiger partial charge is 0.411 e. The van der Waals surface area contributed by atoms with E-state index in [4.69, 9.17) is 16.7 Å². The van der Waals surface area contributed by atoms with E-state index in [0.29, 0.717) is 23.2 Å². The van der Waals surface area contributed by atoms with Crippen LogP contribution in [0.1, 0.15) is 47.7 Å². The van der Waals surface area contributed by atoms with E-state index in [9.17, 15) is 4.79 Å². The number of carbonyl (C=O) groups is 1. The second kappa shape index (κ2) is 4.50. The molecule has 3 rings (SSSR count). The van der Waals surface area contributed by atoms with Gasteiger partial charge in [0, 0.05) is 13.0 Å². The Hall–Kier alpha value is -2.05. The van der Waals surface area contributed by atoms with E-state index >= 15 is 0 Å². The summed E-state index contributed by atoms with van der Waals surface area (Å²) in [6, 6.07) is 0. The third kappa shape index (κ3) is 1.85. The first-order valence-corrected chi connectivity index (χ1v) is 6.83. The highest BCUT2D eigenvalue weighted by molar-refractivity contribution is 5.98. The quantitative estimate of drug-likeness (QED) is 0.548. The Labute approximate surface area is 116 Å². The number of nitrogen functional groups attached to an aromatic ring is 1. The second-order valence-electron chi connectivity index (χ2n) is 5.90. The first-order valence-electron chi connectivity index (χ1n) is 6.83. The van der Waals surface area contributed by atoms with Crippen molar-refractivity contribution in [2.24, 2.45) is 29.8 Å². The number of fused-ring (bicyclic) bond motifs is 1. The van der Waals surface area contributed by atoms with Gasteiger partial charge in [-0.2, -0.15) is 5.10 Å². The van der Waals surface area contributed by atoms with Crippen molar-refractivity contribution < 1.29 is 10.0 Å². The zero-order valence-electron chi connectivity index (χ0n) is 11.4. The minimum Gasteiger partial charge on any atom is -0.411 e. The lowest BCUT2D eigenvalue weighted by atomic mass is 9.96. The molecule has 0 saturated heterocycles. The zero-order valence-corrected chi connectivity index (χ0v) is 11.4. The maximum absolute atomic E-state index is 11.6. The van der Waals surface area contributed by atoms with Gasteiger partial charge in [-0.15, -0.1) is 0 Å². The molecule has 2 atom stereocenters. The molecule has 1 aromatic heterocycles. The van der Waals surface area contributed by atoms with Crippen molar-refractivity contribution in [1.29, 1.82) is 0 Å². The molecule has 5 N–H and O–H groups in total. The Morgan fingerprint density at radius 3 is 2.50 bits per heavy atom. The maximum atomic E-state index is 11.6. The summed E-state index contributed by atoms with van der Waals surface area (Å²) in [6.45, 7) is 0. The van der Waals surface area contributed by atoms with Gasteiger partial charge in [-0.3, -0.25) is 9.48 Å². The predicted octanol–water partition coefficient (Wildman–Crippen LogP) is 0.835. The number of carbonyl (C=O) groups excluding carboxylic acids is 1. The summed E-state index contributed by atoms with van der Waals surface area (Å²) in [5.74, 6) is 1.06. The van der Waals surface area contributed by atoms with E-state index in [1.807, 2.05) is 0 Å². The highest BCUT2D eigenvalue weighted by Crippen LogP contribution is 2.50. The Morgan fingerprint density at radius 1 is 1.40 bits per heavy atom. The lowest BCUT2D eigenvalue weighted by Crippen LogP contribution is -2.16. The van der Waals surface area contributed by atoms with Crippen LogP contribution in [0.5, 0.6) is 0 Å². The topological polar surface area (TPSA) is 120 Å². The summed E-state index contributed by atoms with van der Waals surface area (Å²) in [5, 5.41) is 16.6. The Morgan fingerprint density at radius 2 is 2.00 bits per heavy atom. The first-order chi connectivity index (χ1) is 9.51. The van der Waals surface area contributed by atoms with E-state index in [1.165, 1.54) is 4.68 Å². The Bertz CT molecular complexity index is 576. The number of oxime groups is 1. The summed E-state index contributed by atoms with van der Waals surface area (Å²) in [5.41, 5.74) is 13.3. The molecule has 1 heterocycles. The van der Waals surface area contributed by atoms with Crippen LogP contribution in [0.2, 0.25) is 0 Å². The van der Waals surface area contributed by atoms with E-state index in [-0.39, 0.29) is 5.92 Å². The van der Waals surface area contributed by atoms with Crippen LogP contribution in [0.15, 0.2) is 5.16 Å². The van der Waals surface area contributed by atoms with Gasteiger partial charge in [0.05, 0.1) is 11.4 Å². The molecule has 0 aromatic carbocycles. The zero-order chi connectivity index (χ0) is 14.4. The van der Waals surface area contributed by atoms with E-state index in [0.717, 1.165) is 37.1 Å². The van der Waals surface area contributed by atoms with Gasteiger partial charge >= 0.3 is 0 Å². The van der Waals surface area contributed by atoms with Crippen molar-refractivity contribution in [2.75, 3.05) is 5.73 Å². The summed E-state index contributed by atoms with van der Waals surface area (Å²) >= 11 is 0. The van der Waals surface area contributed by atoms with Crippen molar-refractivity contribution in [3.05, 3.63) is 11.3 Å². The van der Waals surface area contributed by atoms with Crippen molar-refractivity contribution in [3.63, 3.8) is 0 Å². The standard InChI is InChI=1S/C13H19N5O2/c1-18-12(14)10(13(15)19)11(16-18)8-2-6-4-9(17-20)5-7(6)3-8/h6-8,20H,2-5,14H2,1H3,(H2,15,19). The van der Waals surface area contributed by atoms with Crippen molar-refractivity contribution >= 4 is 17.4 Å².